The average molecular weight is 290 g/mol. The molecule has 5 heteroatoms. The van der Waals surface area contributed by atoms with Crippen molar-refractivity contribution < 1.29 is 9.90 Å². The van der Waals surface area contributed by atoms with Crippen molar-refractivity contribution in [3.63, 3.8) is 0 Å². The molecule has 0 saturated heterocycles. The lowest BCUT2D eigenvalue weighted by atomic mass is 10.1. The van der Waals surface area contributed by atoms with Crippen molar-refractivity contribution in [2.45, 2.75) is 19.4 Å². The van der Waals surface area contributed by atoms with E-state index >= 15 is 0 Å². The first-order valence-corrected chi connectivity index (χ1v) is 7.28. The van der Waals surface area contributed by atoms with Gasteiger partial charge in [0.05, 0.1) is 17.1 Å². The summed E-state index contributed by atoms with van der Waals surface area (Å²) in [5.41, 5.74) is 3.12. The highest BCUT2D eigenvalue weighted by molar-refractivity contribution is 7.09. The van der Waals surface area contributed by atoms with E-state index in [1.807, 2.05) is 19.5 Å². The summed E-state index contributed by atoms with van der Waals surface area (Å²) in [6, 6.07) is 8.47. The minimum absolute atomic E-state index is 0.00171. The van der Waals surface area contributed by atoms with E-state index in [0.717, 1.165) is 18.0 Å². The van der Waals surface area contributed by atoms with E-state index in [-0.39, 0.29) is 6.42 Å². The third-order valence-electron chi connectivity index (χ3n) is 2.81. The van der Waals surface area contributed by atoms with Crippen molar-refractivity contribution in [2.75, 3.05) is 14.1 Å². The molecule has 0 aliphatic heterocycles. The van der Waals surface area contributed by atoms with E-state index < -0.39 is 5.97 Å². The standard InChI is InChI=1S/C15H18N2O2S/c1-17(2)9-12-5-3-11(4-6-12)7-14-16-13(10-20-14)8-15(18)19/h3-6,10H,7-9H2,1-2H3,(H,18,19). The number of rotatable bonds is 6. The second-order valence-corrected chi connectivity index (χ2v) is 5.98. The molecule has 1 N–H and O–H groups in total. The van der Waals surface area contributed by atoms with E-state index in [1.54, 1.807) is 0 Å². The first-order chi connectivity index (χ1) is 9.52. The Morgan fingerprint density at radius 1 is 1.25 bits per heavy atom. The van der Waals surface area contributed by atoms with Crippen LogP contribution in [0.15, 0.2) is 29.6 Å². The third kappa shape index (κ3) is 4.43. The largest absolute Gasteiger partial charge is 0.481 e. The number of nitrogens with zero attached hydrogens (tertiary/aromatic N) is 2. The highest BCUT2D eigenvalue weighted by atomic mass is 32.1. The van der Waals surface area contributed by atoms with E-state index in [9.17, 15) is 4.79 Å². The lowest BCUT2D eigenvalue weighted by molar-refractivity contribution is -0.136. The topological polar surface area (TPSA) is 53.4 Å². The van der Waals surface area contributed by atoms with Crippen LogP contribution in [0.25, 0.3) is 0 Å². The van der Waals surface area contributed by atoms with Gasteiger partial charge in [-0.25, -0.2) is 4.98 Å². The molecule has 0 atom stereocenters. The summed E-state index contributed by atoms with van der Waals surface area (Å²) in [5.74, 6) is -0.838. The average Bonchev–Trinajstić information content (AvgIpc) is 2.77. The van der Waals surface area contributed by atoms with Crippen molar-refractivity contribution in [1.29, 1.82) is 0 Å². The monoisotopic (exact) mass is 290 g/mol. The van der Waals surface area contributed by atoms with Gasteiger partial charge in [0, 0.05) is 18.3 Å². The Kier molecular flexibility index (Phi) is 4.87. The van der Waals surface area contributed by atoms with Gasteiger partial charge in [0.15, 0.2) is 0 Å². The Balaban J connectivity index is 1.99. The van der Waals surface area contributed by atoms with E-state index in [0.29, 0.717) is 5.69 Å². The van der Waals surface area contributed by atoms with E-state index in [2.05, 4.69) is 34.1 Å². The first-order valence-electron chi connectivity index (χ1n) is 6.40. The molecule has 0 unspecified atom stereocenters. The SMILES string of the molecule is CN(C)Cc1ccc(Cc2nc(CC(=O)O)cs2)cc1. The van der Waals surface area contributed by atoms with Gasteiger partial charge >= 0.3 is 5.97 Å². The molecule has 0 aliphatic rings. The zero-order valence-corrected chi connectivity index (χ0v) is 12.5. The predicted molar refractivity (Wildman–Crippen MR) is 80.1 cm³/mol. The number of aliphatic carboxylic acids is 1. The van der Waals surface area contributed by atoms with Gasteiger partial charge in [-0.15, -0.1) is 11.3 Å². The fourth-order valence-electron chi connectivity index (χ4n) is 1.97. The van der Waals surface area contributed by atoms with E-state index in [1.165, 1.54) is 22.5 Å². The normalized spacial score (nSPS) is 10.9. The van der Waals surface area contributed by atoms with Crippen molar-refractivity contribution in [3.05, 3.63) is 51.5 Å². The van der Waals surface area contributed by atoms with Gasteiger partial charge in [0.25, 0.3) is 0 Å². The van der Waals surface area contributed by atoms with Crippen LogP contribution >= 0.6 is 11.3 Å². The second kappa shape index (κ2) is 6.63. The van der Waals surface area contributed by atoms with Gasteiger partial charge in [-0.1, -0.05) is 24.3 Å². The smallest absolute Gasteiger partial charge is 0.309 e. The van der Waals surface area contributed by atoms with Crippen LogP contribution in [0.3, 0.4) is 0 Å². The molecule has 0 bridgehead atoms. The Bertz CT molecular complexity index is 576. The fourth-order valence-corrected chi connectivity index (χ4v) is 2.80. The number of benzene rings is 1. The molecule has 0 radical (unpaired) electrons. The first kappa shape index (κ1) is 14.7. The van der Waals surface area contributed by atoms with Crippen LogP contribution < -0.4 is 0 Å². The maximum Gasteiger partial charge on any atom is 0.309 e. The van der Waals surface area contributed by atoms with Crippen LogP contribution in [0.4, 0.5) is 0 Å². The van der Waals surface area contributed by atoms with Gasteiger partial charge in [0.1, 0.15) is 0 Å². The molecule has 2 aromatic rings. The Labute approximate surface area is 122 Å². The predicted octanol–water partition coefficient (Wildman–Crippen LogP) is 2.42. The summed E-state index contributed by atoms with van der Waals surface area (Å²) in [4.78, 5) is 17.1. The molecular weight excluding hydrogens is 272 g/mol. The minimum atomic E-state index is -0.838. The summed E-state index contributed by atoms with van der Waals surface area (Å²) in [6.45, 7) is 0.931. The Morgan fingerprint density at radius 2 is 1.90 bits per heavy atom. The number of hydrogen-bond donors (Lipinski definition) is 1. The molecule has 0 aliphatic carbocycles. The molecule has 1 aromatic heterocycles. The van der Waals surface area contributed by atoms with Crippen molar-refractivity contribution in [3.8, 4) is 0 Å². The zero-order chi connectivity index (χ0) is 14.5. The van der Waals surface area contributed by atoms with Gasteiger partial charge in [-0.05, 0) is 25.2 Å². The highest BCUT2D eigenvalue weighted by Crippen LogP contribution is 2.16. The molecule has 0 fully saturated rings. The van der Waals surface area contributed by atoms with Crippen LogP contribution in [-0.2, 0) is 24.2 Å². The van der Waals surface area contributed by atoms with Gasteiger partial charge < -0.3 is 10.0 Å². The third-order valence-corrected chi connectivity index (χ3v) is 3.71. The summed E-state index contributed by atoms with van der Waals surface area (Å²) >= 11 is 1.52. The van der Waals surface area contributed by atoms with Crippen LogP contribution in [-0.4, -0.2) is 35.1 Å². The molecule has 0 saturated carbocycles. The van der Waals surface area contributed by atoms with E-state index in [4.69, 9.17) is 5.11 Å². The molecule has 0 spiro atoms. The van der Waals surface area contributed by atoms with Crippen LogP contribution in [0, 0.1) is 0 Å². The Morgan fingerprint density at radius 3 is 2.50 bits per heavy atom. The lowest BCUT2D eigenvalue weighted by Crippen LogP contribution is -2.10. The number of thiazole rings is 1. The lowest BCUT2D eigenvalue weighted by Gasteiger charge is -2.09. The maximum atomic E-state index is 10.6. The number of carboxylic acids is 1. The van der Waals surface area contributed by atoms with Crippen molar-refractivity contribution in [2.24, 2.45) is 0 Å². The molecule has 4 nitrogen and oxygen atoms in total. The molecule has 20 heavy (non-hydrogen) atoms. The molecule has 1 aromatic carbocycles. The van der Waals surface area contributed by atoms with Gasteiger partial charge in [-0.2, -0.15) is 0 Å². The van der Waals surface area contributed by atoms with Crippen molar-refractivity contribution in [1.82, 2.24) is 9.88 Å². The molecule has 0 amide bonds. The van der Waals surface area contributed by atoms with Crippen LogP contribution in [0.2, 0.25) is 0 Å². The van der Waals surface area contributed by atoms with Gasteiger partial charge in [-0.3, -0.25) is 4.79 Å². The minimum Gasteiger partial charge on any atom is -0.481 e. The molecule has 1 heterocycles. The summed E-state index contributed by atoms with van der Waals surface area (Å²) < 4.78 is 0. The second-order valence-electron chi connectivity index (χ2n) is 5.03. The summed E-state index contributed by atoms with van der Waals surface area (Å²) in [7, 11) is 4.10. The summed E-state index contributed by atoms with van der Waals surface area (Å²) in [5, 5.41) is 11.5. The molecular formula is C15H18N2O2S. The zero-order valence-electron chi connectivity index (χ0n) is 11.7. The maximum absolute atomic E-state index is 10.6. The molecule has 106 valence electrons. The highest BCUT2D eigenvalue weighted by Gasteiger charge is 2.07. The number of carbonyl (C=O) groups is 1. The van der Waals surface area contributed by atoms with Crippen LogP contribution in [0.1, 0.15) is 21.8 Å². The number of carboxylic acid groups (broad SMARTS) is 1. The van der Waals surface area contributed by atoms with Crippen molar-refractivity contribution >= 4 is 17.3 Å². The van der Waals surface area contributed by atoms with Crippen LogP contribution in [0.5, 0.6) is 0 Å². The molecule has 2 rings (SSSR count). The quantitative estimate of drug-likeness (QED) is 0.887. The Hall–Kier alpha value is -1.72. The fraction of sp³-hybridized carbons (Fsp3) is 0.333. The number of hydrogen-bond acceptors (Lipinski definition) is 4. The number of aromatic nitrogens is 1. The summed E-state index contributed by atoms with van der Waals surface area (Å²) in [6.07, 6.45) is 0.755. The van der Waals surface area contributed by atoms with Gasteiger partial charge in [0.2, 0.25) is 0 Å².